The van der Waals surface area contributed by atoms with E-state index in [4.69, 9.17) is 14.2 Å². The first-order valence-electron chi connectivity index (χ1n) is 11.8. The predicted octanol–water partition coefficient (Wildman–Crippen LogP) is 4.90. The molecule has 0 radical (unpaired) electrons. The Kier molecular flexibility index (Phi) is 7.57. The van der Waals surface area contributed by atoms with Crippen LogP contribution in [-0.4, -0.2) is 43.6 Å². The standard InChI is InChI=1S/C29H27NO7/c1-4-16-37-29(34)19-10-13-21(14-11-19)30-25(18-8-6-5-7-9-18)24(27(32)28(30)33)26(31)20-12-15-22(35-2)23(17-20)36-3/h5-15,17,25,31H,4,16H2,1-3H3/b26-24-. The second-order valence-electron chi connectivity index (χ2n) is 8.33. The summed E-state index contributed by atoms with van der Waals surface area (Å²) in [4.78, 5) is 40.2. The Morgan fingerprint density at radius 2 is 1.54 bits per heavy atom. The lowest BCUT2D eigenvalue weighted by molar-refractivity contribution is -0.132. The maximum absolute atomic E-state index is 13.3. The first-order valence-corrected chi connectivity index (χ1v) is 11.8. The number of benzene rings is 3. The molecule has 0 bridgehead atoms. The smallest absolute Gasteiger partial charge is 0.338 e. The van der Waals surface area contributed by atoms with Gasteiger partial charge in [-0.3, -0.25) is 14.5 Å². The maximum atomic E-state index is 13.3. The van der Waals surface area contributed by atoms with E-state index in [1.54, 1.807) is 66.7 Å². The Bertz CT molecular complexity index is 1350. The van der Waals surface area contributed by atoms with Gasteiger partial charge in [0, 0.05) is 11.3 Å². The second kappa shape index (κ2) is 11.0. The zero-order chi connectivity index (χ0) is 26.5. The number of nitrogens with zero attached hydrogens (tertiary/aromatic N) is 1. The number of rotatable bonds is 8. The summed E-state index contributed by atoms with van der Waals surface area (Å²) < 4.78 is 15.8. The average molecular weight is 502 g/mol. The molecule has 1 heterocycles. The van der Waals surface area contributed by atoms with E-state index in [9.17, 15) is 19.5 Å². The summed E-state index contributed by atoms with van der Waals surface area (Å²) in [5, 5.41) is 11.3. The molecule has 0 aliphatic carbocycles. The van der Waals surface area contributed by atoms with Crippen LogP contribution in [0.3, 0.4) is 0 Å². The van der Waals surface area contributed by atoms with Gasteiger partial charge < -0.3 is 19.3 Å². The highest BCUT2D eigenvalue weighted by Crippen LogP contribution is 2.43. The molecule has 3 aromatic rings. The number of carbonyl (C=O) groups is 3. The summed E-state index contributed by atoms with van der Waals surface area (Å²) in [6.45, 7) is 2.21. The number of aliphatic hydroxyl groups excluding tert-OH is 1. The van der Waals surface area contributed by atoms with Crippen molar-refractivity contribution in [3.05, 3.63) is 95.1 Å². The number of amides is 1. The molecule has 1 amide bonds. The fourth-order valence-corrected chi connectivity index (χ4v) is 4.22. The molecular formula is C29H27NO7. The van der Waals surface area contributed by atoms with Crippen LogP contribution in [0.1, 0.15) is 40.9 Å². The van der Waals surface area contributed by atoms with Crippen molar-refractivity contribution >= 4 is 29.1 Å². The molecule has 0 aromatic heterocycles. The summed E-state index contributed by atoms with van der Waals surface area (Å²) in [5.74, 6) is -1.61. The fraction of sp³-hybridized carbons (Fsp3) is 0.207. The van der Waals surface area contributed by atoms with E-state index in [0.29, 0.717) is 46.9 Å². The summed E-state index contributed by atoms with van der Waals surface area (Å²) >= 11 is 0. The average Bonchev–Trinajstić information content (AvgIpc) is 3.21. The van der Waals surface area contributed by atoms with Crippen LogP contribution >= 0.6 is 0 Å². The molecule has 1 atom stereocenters. The molecule has 8 heteroatoms. The quantitative estimate of drug-likeness (QED) is 0.203. The van der Waals surface area contributed by atoms with Crippen LogP contribution < -0.4 is 14.4 Å². The molecule has 1 saturated heterocycles. The van der Waals surface area contributed by atoms with Crippen molar-refractivity contribution in [1.29, 1.82) is 0 Å². The first-order chi connectivity index (χ1) is 17.9. The third kappa shape index (κ3) is 4.91. The molecule has 3 aromatic carbocycles. The molecule has 0 saturated carbocycles. The summed E-state index contributed by atoms with van der Waals surface area (Å²) in [7, 11) is 2.96. The highest BCUT2D eigenvalue weighted by atomic mass is 16.5. The van der Waals surface area contributed by atoms with Gasteiger partial charge in [0.1, 0.15) is 5.76 Å². The molecular weight excluding hydrogens is 474 g/mol. The highest BCUT2D eigenvalue weighted by Gasteiger charge is 2.47. The summed E-state index contributed by atoms with van der Waals surface area (Å²) in [5.41, 5.74) is 1.60. The van der Waals surface area contributed by atoms with Crippen LogP contribution in [0.5, 0.6) is 11.5 Å². The molecule has 4 rings (SSSR count). The minimum atomic E-state index is -0.896. The van der Waals surface area contributed by atoms with Crippen molar-refractivity contribution < 1.29 is 33.7 Å². The van der Waals surface area contributed by atoms with Gasteiger partial charge in [0.15, 0.2) is 11.5 Å². The molecule has 1 aliphatic rings. The second-order valence-corrected chi connectivity index (χ2v) is 8.33. The lowest BCUT2D eigenvalue weighted by Gasteiger charge is -2.25. The lowest BCUT2D eigenvalue weighted by atomic mass is 9.95. The van der Waals surface area contributed by atoms with Crippen LogP contribution in [0.15, 0.2) is 78.4 Å². The highest BCUT2D eigenvalue weighted by molar-refractivity contribution is 6.51. The van der Waals surface area contributed by atoms with Gasteiger partial charge >= 0.3 is 5.97 Å². The molecule has 1 N–H and O–H groups in total. The van der Waals surface area contributed by atoms with E-state index in [-0.39, 0.29) is 11.3 Å². The molecule has 0 spiro atoms. The minimum absolute atomic E-state index is 0.0603. The van der Waals surface area contributed by atoms with E-state index in [1.165, 1.54) is 19.1 Å². The Balaban J connectivity index is 1.82. The molecule has 8 nitrogen and oxygen atoms in total. The Morgan fingerprint density at radius 3 is 2.16 bits per heavy atom. The monoisotopic (exact) mass is 501 g/mol. The third-order valence-corrected chi connectivity index (χ3v) is 6.04. The maximum Gasteiger partial charge on any atom is 0.338 e. The van der Waals surface area contributed by atoms with Crippen LogP contribution in [0.25, 0.3) is 5.76 Å². The number of aliphatic hydroxyl groups is 1. The van der Waals surface area contributed by atoms with Crippen molar-refractivity contribution in [2.24, 2.45) is 0 Å². The minimum Gasteiger partial charge on any atom is -0.507 e. The van der Waals surface area contributed by atoms with Crippen LogP contribution in [-0.2, 0) is 14.3 Å². The van der Waals surface area contributed by atoms with Crippen LogP contribution in [0, 0.1) is 0 Å². The van der Waals surface area contributed by atoms with Gasteiger partial charge in [-0.05, 0) is 54.4 Å². The van der Waals surface area contributed by atoms with Gasteiger partial charge in [-0.25, -0.2) is 4.79 Å². The first kappa shape index (κ1) is 25.5. The van der Waals surface area contributed by atoms with E-state index < -0.39 is 23.7 Å². The van der Waals surface area contributed by atoms with E-state index in [0.717, 1.165) is 0 Å². The van der Waals surface area contributed by atoms with Crippen molar-refractivity contribution in [2.75, 3.05) is 25.7 Å². The SMILES string of the molecule is CCCOC(=O)c1ccc(N2C(=O)C(=O)/C(=C(\O)c3ccc(OC)c(OC)c3)C2c2ccccc2)cc1. The predicted molar refractivity (Wildman–Crippen MR) is 138 cm³/mol. The third-order valence-electron chi connectivity index (χ3n) is 6.04. The number of hydrogen-bond acceptors (Lipinski definition) is 7. The number of ketones is 1. The van der Waals surface area contributed by atoms with Crippen molar-refractivity contribution in [3.63, 3.8) is 0 Å². The number of methoxy groups -OCH3 is 2. The van der Waals surface area contributed by atoms with Gasteiger partial charge in [0.25, 0.3) is 11.7 Å². The Hall–Kier alpha value is -4.59. The number of ether oxygens (including phenoxy) is 3. The molecule has 1 fully saturated rings. The number of carbonyl (C=O) groups excluding carboxylic acids is 3. The van der Waals surface area contributed by atoms with Gasteiger partial charge in [-0.15, -0.1) is 0 Å². The molecule has 190 valence electrons. The van der Waals surface area contributed by atoms with Crippen LogP contribution in [0.2, 0.25) is 0 Å². The van der Waals surface area contributed by atoms with Gasteiger partial charge in [0.2, 0.25) is 0 Å². The molecule has 37 heavy (non-hydrogen) atoms. The zero-order valence-corrected chi connectivity index (χ0v) is 20.8. The number of Topliss-reactive ketones (excluding diaryl/α,β-unsaturated/α-hetero) is 1. The Morgan fingerprint density at radius 1 is 0.892 bits per heavy atom. The fourth-order valence-electron chi connectivity index (χ4n) is 4.22. The van der Waals surface area contributed by atoms with Gasteiger partial charge in [-0.2, -0.15) is 0 Å². The largest absolute Gasteiger partial charge is 0.507 e. The number of esters is 1. The summed E-state index contributed by atoms with van der Waals surface area (Å²) in [6, 6.07) is 19.1. The number of hydrogen-bond donors (Lipinski definition) is 1. The van der Waals surface area contributed by atoms with Gasteiger partial charge in [-0.1, -0.05) is 37.3 Å². The van der Waals surface area contributed by atoms with Crippen LogP contribution in [0.4, 0.5) is 5.69 Å². The molecule has 1 aliphatic heterocycles. The Labute approximate surface area is 214 Å². The van der Waals surface area contributed by atoms with Crippen molar-refractivity contribution in [3.8, 4) is 11.5 Å². The normalized spacial score (nSPS) is 16.5. The zero-order valence-electron chi connectivity index (χ0n) is 20.8. The molecule has 1 unspecified atom stereocenters. The lowest BCUT2D eigenvalue weighted by Crippen LogP contribution is -2.29. The van der Waals surface area contributed by atoms with Crippen molar-refractivity contribution in [2.45, 2.75) is 19.4 Å². The van der Waals surface area contributed by atoms with E-state index in [1.807, 2.05) is 13.0 Å². The van der Waals surface area contributed by atoms with Crippen molar-refractivity contribution in [1.82, 2.24) is 0 Å². The van der Waals surface area contributed by atoms with E-state index >= 15 is 0 Å². The topological polar surface area (TPSA) is 102 Å². The number of anilines is 1. The van der Waals surface area contributed by atoms with Gasteiger partial charge in [0.05, 0.1) is 38.0 Å². The van der Waals surface area contributed by atoms with E-state index in [2.05, 4.69) is 0 Å². The summed E-state index contributed by atoms with van der Waals surface area (Å²) in [6.07, 6.45) is 0.700.